The Kier molecular flexibility index (Phi) is 8.01. The zero-order valence-electron chi connectivity index (χ0n) is 16.3. The van der Waals surface area contributed by atoms with Crippen molar-refractivity contribution in [2.75, 3.05) is 13.2 Å². The van der Waals surface area contributed by atoms with Crippen LogP contribution in [0.5, 0.6) is 0 Å². The zero-order valence-corrected chi connectivity index (χ0v) is 16.3. The largest absolute Gasteiger partial charge is 0.454 e. The summed E-state index contributed by atoms with van der Waals surface area (Å²) in [5, 5.41) is 2.43. The summed E-state index contributed by atoms with van der Waals surface area (Å²) in [5.74, 6) is -2.28. The molecule has 156 valence electrons. The molecule has 0 fully saturated rings. The van der Waals surface area contributed by atoms with E-state index < -0.39 is 48.6 Å². The van der Waals surface area contributed by atoms with Gasteiger partial charge in [0.2, 0.25) is 5.91 Å². The number of amides is 2. The van der Waals surface area contributed by atoms with Crippen LogP contribution in [0.4, 0.5) is 13.2 Å². The fraction of sp³-hybridized carbons (Fsp3) is 0.526. The first kappa shape index (κ1) is 23.5. The number of carbonyl (C=O) groups is 3. The third-order valence-corrected chi connectivity index (χ3v) is 3.66. The van der Waals surface area contributed by atoms with E-state index in [4.69, 9.17) is 4.74 Å². The van der Waals surface area contributed by atoms with Crippen molar-refractivity contribution in [3.63, 3.8) is 0 Å². The molecule has 1 atom stereocenters. The van der Waals surface area contributed by atoms with E-state index in [9.17, 15) is 27.6 Å². The van der Waals surface area contributed by atoms with Crippen LogP contribution in [0.25, 0.3) is 0 Å². The number of hydrogen-bond donors (Lipinski definition) is 1. The zero-order chi connectivity index (χ0) is 21.5. The maximum absolute atomic E-state index is 12.8. The van der Waals surface area contributed by atoms with Gasteiger partial charge in [-0.1, -0.05) is 51.1 Å². The third kappa shape index (κ3) is 8.41. The van der Waals surface area contributed by atoms with Gasteiger partial charge >= 0.3 is 12.1 Å². The summed E-state index contributed by atoms with van der Waals surface area (Å²) in [6.07, 6.45) is -4.59. The van der Waals surface area contributed by atoms with E-state index in [1.165, 1.54) is 6.92 Å². The number of hydrogen-bond acceptors (Lipinski definition) is 4. The molecule has 2 amide bonds. The minimum Gasteiger partial charge on any atom is -0.454 e. The summed E-state index contributed by atoms with van der Waals surface area (Å²) in [6.45, 7) is 3.75. The van der Waals surface area contributed by atoms with Gasteiger partial charge in [0.05, 0.1) is 0 Å². The van der Waals surface area contributed by atoms with Gasteiger partial charge in [-0.25, -0.2) is 4.79 Å². The molecule has 1 aromatic rings. The molecule has 0 aromatic heterocycles. The number of nitrogens with zero attached hydrogens (tertiary/aromatic N) is 1. The van der Waals surface area contributed by atoms with Crippen LogP contribution in [0.1, 0.15) is 33.3 Å². The van der Waals surface area contributed by atoms with Crippen molar-refractivity contribution in [1.29, 1.82) is 0 Å². The highest BCUT2D eigenvalue weighted by Crippen LogP contribution is 2.18. The van der Waals surface area contributed by atoms with Crippen LogP contribution in [-0.4, -0.2) is 48.1 Å². The Labute approximate surface area is 162 Å². The second-order valence-corrected chi connectivity index (χ2v) is 7.40. The van der Waals surface area contributed by atoms with Gasteiger partial charge in [-0.05, 0) is 12.5 Å². The predicted molar refractivity (Wildman–Crippen MR) is 95.9 cm³/mol. The normalized spacial score (nSPS) is 12.8. The van der Waals surface area contributed by atoms with Crippen LogP contribution in [0.2, 0.25) is 0 Å². The fourth-order valence-electron chi connectivity index (χ4n) is 2.07. The van der Waals surface area contributed by atoms with Gasteiger partial charge in [-0.15, -0.1) is 0 Å². The van der Waals surface area contributed by atoms with Gasteiger partial charge in [0.25, 0.3) is 5.91 Å². The molecule has 0 aliphatic heterocycles. The van der Waals surface area contributed by atoms with E-state index in [0.717, 1.165) is 0 Å². The van der Waals surface area contributed by atoms with Crippen LogP contribution in [0.15, 0.2) is 30.3 Å². The van der Waals surface area contributed by atoms with Gasteiger partial charge in [0, 0.05) is 12.0 Å². The summed E-state index contributed by atoms with van der Waals surface area (Å²) < 4.78 is 43.2. The van der Waals surface area contributed by atoms with Gasteiger partial charge in [0.1, 0.15) is 12.6 Å². The first-order valence-electron chi connectivity index (χ1n) is 8.65. The summed E-state index contributed by atoms with van der Waals surface area (Å²) >= 11 is 0. The Morgan fingerprint density at radius 3 is 2.18 bits per heavy atom. The number of carbonyl (C=O) groups excluding carboxylic acids is 3. The fourth-order valence-corrected chi connectivity index (χ4v) is 2.07. The van der Waals surface area contributed by atoms with Crippen molar-refractivity contribution >= 4 is 17.8 Å². The first-order valence-corrected chi connectivity index (χ1v) is 8.65. The minimum absolute atomic E-state index is 0.271. The lowest BCUT2D eigenvalue weighted by Gasteiger charge is -2.24. The predicted octanol–water partition coefficient (Wildman–Crippen LogP) is 2.67. The monoisotopic (exact) mass is 402 g/mol. The van der Waals surface area contributed by atoms with Crippen molar-refractivity contribution in [2.45, 2.75) is 46.5 Å². The number of ether oxygens (including phenoxy) is 1. The minimum atomic E-state index is -4.59. The van der Waals surface area contributed by atoms with E-state index in [2.05, 4.69) is 5.32 Å². The molecule has 0 bridgehead atoms. The average molecular weight is 402 g/mol. The molecular formula is C19H25F3N2O4. The molecule has 6 nitrogen and oxygen atoms in total. The Morgan fingerprint density at radius 1 is 1.11 bits per heavy atom. The molecule has 9 heteroatoms. The molecule has 1 N–H and O–H groups in total. The Balaban J connectivity index is 2.69. The highest BCUT2D eigenvalue weighted by Gasteiger charge is 2.33. The number of alkyl halides is 3. The maximum atomic E-state index is 12.8. The number of nitrogens with one attached hydrogen (secondary N) is 1. The van der Waals surface area contributed by atoms with Crippen molar-refractivity contribution in [3.05, 3.63) is 35.9 Å². The van der Waals surface area contributed by atoms with E-state index in [0.29, 0.717) is 10.5 Å². The molecule has 1 aromatic carbocycles. The molecule has 0 aliphatic rings. The smallest absolute Gasteiger partial charge is 0.406 e. The lowest BCUT2D eigenvalue weighted by atomic mass is 9.95. The number of rotatable bonds is 7. The molecule has 0 saturated heterocycles. The van der Waals surface area contributed by atoms with Crippen molar-refractivity contribution in [2.24, 2.45) is 5.41 Å². The standard InChI is InChI=1S/C19H25F3N2O4/c1-13(23-17(27)18(2,3)4)16(26)28-11-15(25)24(12-19(20,21)22)10-14-8-6-5-7-9-14/h5-9,13H,10-12H2,1-4H3,(H,23,27). The average Bonchev–Trinajstić information content (AvgIpc) is 2.57. The van der Waals surface area contributed by atoms with Crippen LogP contribution in [0, 0.1) is 5.41 Å². The van der Waals surface area contributed by atoms with Crippen LogP contribution < -0.4 is 5.32 Å². The molecule has 0 saturated carbocycles. The van der Waals surface area contributed by atoms with Crippen molar-refractivity contribution < 1.29 is 32.3 Å². The van der Waals surface area contributed by atoms with Gasteiger partial charge in [0.15, 0.2) is 6.61 Å². The molecule has 1 rings (SSSR count). The number of esters is 1. The lowest BCUT2D eigenvalue weighted by molar-refractivity contribution is -0.168. The molecule has 0 heterocycles. The lowest BCUT2D eigenvalue weighted by Crippen LogP contribution is -2.46. The summed E-state index contributed by atoms with van der Waals surface area (Å²) in [7, 11) is 0. The number of benzene rings is 1. The van der Waals surface area contributed by atoms with Crippen LogP contribution >= 0.6 is 0 Å². The van der Waals surface area contributed by atoms with E-state index in [-0.39, 0.29) is 6.54 Å². The third-order valence-electron chi connectivity index (χ3n) is 3.66. The molecule has 0 spiro atoms. The summed E-state index contributed by atoms with van der Waals surface area (Å²) in [5.41, 5.74) is -0.221. The quantitative estimate of drug-likeness (QED) is 0.712. The van der Waals surface area contributed by atoms with E-state index >= 15 is 0 Å². The van der Waals surface area contributed by atoms with Gasteiger partial charge in [-0.3, -0.25) is 9.59 Å². The molecular weight excluding hydrogens is 377 g/mol. The number of halogens is 3. The second-order valence-electron chi connectivity index (χ2n) is 7.40. The Hall–Kier alpha value is -2.58. The summed E-state index contributed by atoms with van der Waals surface area (Å²) in [4.78, 5) is 36.6. The molecule has 1 unspecified atom stereocenters. The molecule has 0 aliphatic carbocycles. The van der Waals surface area contributed by atoms with E-state index in [1.807, 2.05) is 0 Å². The maximum Gasteiger partial charge on any atom is 0.406 e. The van der Waals surface area contributed by atoms with Crippen molar-refractivity contribution in [1.82, 2.24) is 10.2 Å². The highest BCUT2D eigenvalue weighted by atomic mass is 19.4. The molecule has 28 heavy (non-hydrogen) atoms. The van der Waals surface area contributed by atoms with Crippen molar-refractivity contribution in [3.8, 4) is 0 Å². The first-order chi connectivity index (χ1) is 12.8. The van der Waals surface area contributed by atoms with Crippen LogP contribution in [0.3, 0.4) is 0 Å². The SMILES string of the molecule is CC(NC(=O)C(C)(C)C)C(=O)OCC(=O)N(Cc1ccccc1)CC(F)(F)F. The van der Waals surface area contributed by atoms with E-state index in [1.54, 1.807) is 51.1 Å². The summed E-state index contributed by atoms with van der Waals surface area (Å²) in [6, 6.07) is 7.13. The second kappa shape index (κ2) is 9.57. The Morgan fingerprint density at radius 2 is 1.68 bits per heavy atom. The molecule has 0 radical (unpaired) electrons. The highest BCUT2D eigenvalue weighted by molar-refractivity contribution is 5.88. The Bertz CT molecular complexity index is 685. The van der Waals surface area contributed by atoms with Gasteiger partial charge in [-0.2, -0.15) is 13.2 Å². The van der Waals surface area contributed by atoms with Gasteiger partial charge < -0.3 is 15.0 Å². The van der Waals surface area contributed by atoms with Crippen LogP contribution in [-0.2, 0) is 25.7 Å². The topological polar surface area (TPSA) is 75.7 Å².